The van der Waals surface area contributed by atoms with Crippen molar-refractivity contribution in [3.05, 3.63) is 136 Å². The number of carboxylic acid groups (broad SMARTS) is 1. The maximum absolute atomic E-state index is 15.7. The highest BCUT2D eigenvalue weighted by Gasteiger charge is 2.55. The smallest absolute Gasteiger partial charge is 0.458 e. The van der Waals surface area contributed by atoms with E-state index < -0.39 is 61.7 Å². The van der Waals surface area contributed by atoms with E-state index in [1.807, 2.05) is 17.1 Å². The van der Waals surface area contributed by atoms with Gasteiger partial charge in [0.25, 0.3) is 5.56 Å². The predicted octanol–water partition coefficient (Wildman–Crippen LogP) is 7.53. The van der Waals surface area contributed by atoms with E-state index >= 15 is 4.39 Å². The van der Waals surface area contributed by atoms with E-state index in [1.165, 1.54) is 12.1 Å². The van der Waals surface area contributed by atoms with Gasteiger partial charge in [-0.1, -0.05) is 98.0 Å². The molecular formula is C44H60FN4O10P. The summed E-state index contributed by atoms with van der Waals surface area (Å²) in [7, 11) is -4.20. The number of hydrogen-bond acceptors (Lipinski definition) is 9. The van der Waals surface area contributed by atoms with Crippen LogP contribution < -0.4 is 26.2 Å². The number of aliphatic hydroxyl groups excluding tert-OH is 1. The molecule has 0 saturated carbocycles. The van der Waals surface area contributed by atoms with Gasteiger partial charge in [0.15, 0.2) is 11.9 Å². The van der Waals surface area contributed by atoms with Crippen LogP contribution in [-0.4, -0.2) is 68.7 Å². The second-order valence-electron chi connectivity index (χ2n) is 14.2. The maximum atomic E-state index is 15.7. The number of hydrogen-bond donors (Lipinski definition) is 5. The number of nitrogens with zero attached hydrogens (tertiary/aromatic N) is 1. The Morgan fingerprint density at radius 2 is 1.52 bits per heavy atom. The molecule has 6 atom stereocenters. The highest BCUT2D eigenvalue weighted by molar-refractivity contribution is 7.52. The number of aromatic nitrogens is 2. The first-order valence-electron chi connectivity index (χ1n) is 20.4. The van der Waals surface area contributed by atoms with Crippen LogP contribution in [0.15, 0.2) is 125 Å². The monoisotopic (exact) mass is 854 g/mol. The van der Waals surface area contributed by atoms with Crippen LogP contribution in [-0.2, 0) is 23.4 Å². The van der Waals surface area contributed by atoms with Gasteiger partial charge in [-0.25, -0.2) is 23.6 Å². The summed E-state index contributed by atoms with van der Waals surface area (Å²) in [5.74, 6) is -1.38. The van der Waals surface area contributed by atoms with Crippen molar-refractivity contribution in [1.82, 2.24) is 20.0 Å². The largest absolute Gasteiger partial charge is 0.480 e. The molecule has 6 unspecified atom stereocenters. The number of H-pyrrole nitrogens is 1. The fourth-order valence-electron chi connectivity index (χ4n) is 5.93. The molecule has 1 aliphatic rings. The Balaban J connectivity index is 1.38. The molecule has 3 rings (SSSR count). The summed E-state index contributed by atoms with van der Waals surface area (Å²) in [6, 6.07) is 7.98. The van der Waals surface area contributed by atoms with E-state index in [9.17, 15) is 34.0 Å². The molecule has 1 fully saturated rings. The average Bonchev–Trinajstić information content (AvgIpc) is 3.44. The first-order valence-corrected chi connectivity index (χ1v) is 21.9. The second-order valence-corrected chi connectivity index (χ2v) is 15.9. The van der Waals surface area contributed by atoms with E-state index in [4.69, 9.17) is 13.8 Å². The minimum Gasteiger partial charge on any atom is -0.480 e. The number of amides is 1. The third kappa shape index (κ3) is 18.1. The van der Waals surface area contributed by atoms with Crippen molar-refractivity contribution in [2.75, 3.05) is 13.2 Å². The third-order valence-corrected chi connectivity index (χ3v) is 10.7. The van der Waals surface area contributed by atoms with Crippen LogP contribution in [0.4, 0.5) is 4.39 Å². The number of allylic oxidation sites excluding steroid dienone is 12. The number of rotatable bonds is 28. The molecule has 0 bridgehead atoms. The number of alkyl halides is 1. The number of carbonyl (C=O) groups is 2. The zero-order chi connectivity index (χ0) is 43.6. The quantitative estimate of drug-likeness (QED) is 0.0322. The number of ether oxygens (including phenoxy) is 1. The van der Waals surface area contributed by atoms with Crippen molar-refractivity contribution >= 4 is 19.6 Å². The zero-order valence-electron chi connectivity index (χ0n) is 34.4. The minimum absolute atomic E-state index is 0.0391. The number of carboxylic acids is 1. The van der Waals surface area contributed by atoms with Gasteiger partial charge in [0, 0.05) is 25.2 Å². The average molecular weight is 855 g/mol. The molecule has 0 spiro atoms. The molecule has 14 nitrogen and oxygen atoms in total. The molecule has 1 aromatic carbocycles. The summed E-state index contributed by atoms with van der Waals surface area (Å²) in [6.45, 7) is 2.58. The molecule has 60 heavy (non-hydrogen) atoms. The lowest BCUT2D eigenvalue weighted by atomic mass is 9.98. The first kappa shape index (κ1) is 49.4. The molecular weight excluding hydrogens is 794 g/mol. The van der Waals surface area contributed by atoms with Gasteiger partial charge < -0.3 is 24.8 Å². The molecule has 2 aromatic rings. The molecule has 1 aliphatic heterocycles. The lowest BCUT2D eigenvalue weighted by Crippen LogP contribution is -2.43. The van der Waals surface area contributed by atoms with Crippen molar-refractivity contribution < 1.29 is 42.5 Å². The van der Waals surface area contributed by atoms with Crippen LogP contribution in [0, 0.1) is 0 Å². The summed E-state index contributed by atoms with van der Waals surface area (Å²) in [4.78, 5) is 50.2. The highest BCUT2D eigenvalue weighted by atomic mass is 31.2. The molecule has 0 aliphatic carbocycles. The van der Waals surface area contributed by atoms with Gasteiger partial charge >= 0.3 is 19.4 Å². The van der Waals surface area contributed by atoms with Crippen molar-refractivity contribution in [3.8, 4) is 5.75 Å². The number of para-hydroxylation sites is 1. The zero-order valence-corrected chi connectivity index (χ0v) is 35.3. The number of unbranched alkanes of at least 4 members (excludes halogenated alkanes) is 1. The topological polar surface area (TPSA) is 198 Å². The Kier molecular flexibility index (Phi) is 22.3. The molecule has 1 saturated heterocycles. The van der Waals surface area contributed by atoms with Gasteiger partial charge in [-0.15, -0.1) is 0 Å². The fraction of sp³-hybridized carbons (Fsp3) is 0.455. The summed E-state index contributed by atoms with van der Waals surface area (Å²) < 4.78 is 47.2. The number of aliphatic carboxylic acids is 1. The standard InChI is InChI=1S/C44H60FN4O10P/c1-3-4-5-6-7-8-9-10-11-12-13-14-15-16-17-18-19-20-24-30-38(50)47-36(41(53)54)29-25-26-32-46-60(56,59-35-27-22-21-23-28-35)57-34-37-40(52)44(2,45)42(58-37)49-33-31-39(51)48-43(49)55/h4-5,7-8,10-11,13-14,16-17,19-23,27-28,31,33,36-37,40,42,52H,3,6,9,12,15,18,24-26,29-30,32,34H2,1-2H3,(H,46,56)(H,47,50)(H,53,54)(H,48,51,55). The Hall–Kier alpha value is -4.92. The SMILES string of the molecule is CCC=CCC=CCC=CCC=CCC=CCC=CCCC(=O)NC(CCCCNP(=O)(OCC1OC(n2ccc(=O)[nH]c2=O)C(C)(F)C1O)Oc1ccccc1)C(=O)O. The summed E-state index contributed by atoms with van der Waals surface area (Å²) in [5.41, 5.74) is -4.15. The molecule has 1 aromatic heterocycles. The molecule has 328 valence electrons. The Morgan fingerprint density at radius 1 is 0.933 bits per heavy atom. The lowest BCUT2D eigenvalue weighted by molar-refractivity contribution is -0.142. The van der Waals surface area contributed by atoms with Crippen LogP contribution in [0.2, 0.25) is 0 Å². The van der Waals surface area contributed by atoms with Crippen LogP contribution in [0.1, 0.15) is 90.7 Å². The normalized spacial score (nSPS) is 21.2. The Labute approximate surface area is 351 Å². The van der Waals surface area contributed by atoms with E-state index in [0.717, 1.165) is 62.3 Å². The highest BCUT2D eigenvalue weighted by Crippen LogP contribution is 2.47. The van der Waals surface area contributed by atoms with E-state index in [0.29, 0.717) is 19.3 Å². The third-order valence-electron chi connectivity index (χ3n) is 9.19. The Bertz CT molecular complexity index is 1960. The summed E-state index contributed by atoms with van der Waals surface area (Å²) in [6.07, 6.45) is 28.2. The molecule has 2 heterocycles. The molecule has 1 amide bonds. The summed E-state index contributed by atoms with van der Waals surface area (Å²) in [5, 5.41) is 25.7. The first-order chi connectivity index (χ1) is 28.9. The van der Waals surface area contributed by atoms with Crippen LogP contribution in [0.3, 0.4) is 0 Å². The van der Waals surface area contributed by atoms with Gasteiger partial charge in [-0.3, -0.25) is 23.7 Å². The fourth-order valence-corrected chi connectivity index (χ4v) is 7.31. The van der Waals surface area contributed by atoms with Gasteiger partial charge in [-0.05, 0) is 83.3 Å². The minimum atomic E-state index is -4.20. The lowest BCUT2D eigenvalue weighted by Gasteiger charge is -2.24. The summed E-state index contributed by atoms with van der Waals surface area (Å²) >= 11 is 0. The second kappa shape index (κ2) is 27.0. The number of halogens is 1. The van der Waals surface area contributed by atoms with Crippen LogP contribution in [0.25, 0.3) is 0 Å². The molecule has 16 heteroatoms. The number of aliphatic hydroxyl groups is 1. The number of benzene rings is 1. The van der Waals surface area contributed by atoms with Crippen molar-refractivity contribution in [1.29, 1.82) is 0 Å². The molecule has 0 radical (unpaired) electrons. The van der Waals surface area contributed by atoms with Gasteiger partial charge in [0.2, 0.25) is 5.91 Å². The van der Waals surface area contributed by atoms with E-state index in [-0.39, 0.29) is 31.0 Å². The van der Waals surface area contributed by atoms with E-state index in [2.05, 4.69) is 78.1 Å². The van der Waals surface area contributed by atoms with Gasteiger partial charge in [0.1, 0.15) is 24.0 Å². The van der Waals surface area contributed by atoms with Crippen molar-refractivity contribution in [2.45, 2.75) is 115 Å². The van der Waals surface area contributed by atoms with Crippen LogP contribution >= 0.6 is 7.75 Å². The number of aromatic amines is 1. The van der Waals surface area contributed by atoms with Gasteiger partial charge in [-0.2, -0.15) is 0 Å². The maximum Gasteiger partial charge on any atom is 0.458 e. The van der Waals surface area contributed by atoms with E-state index in [1.54, 1.807) is 18.2 Å². The number of nitrogens with one attached hydrogen (secondary N) is 3. The van der Waals surface area contributed by atoms with Crippen molar-refractivity contribution in [2.24, 2.45) is 0 Å². The number of carbonyl (C=O) groups excluding carboxylic acids is 1. The van der Waals surface area contributed by atoms with Crippen molar-refractivity contribution in [3.63, 3.8) is 0 Å². The predicted molar refractivity (Wildman–Crippen MR) is 230 cm³/mol. The van der Waals surface area contributed by atoms with Gasteiger partial charge in [0.05, 0.1) is 6.61 Å². The Morgan fingerprint density at radius 3 is 2.08 bits per heavy atom. The van der Waals surface area contributed by atoms with Crippen LogP contribution in [0.5, 0.6) is 5.75 Å². The molecule has 5 N–H and O–H groups in total.